The van der Waals surface area contributed by atoms with Crippen molar-refractivity contribution in [1.82, 2.24) is 0 Å². The molecule has 7 nitrogen and oxygen atoms in total. The number of methoxy groups -OCH3 is 2. The third-order valence-electron chi connectivity index (χ3n) is 6.18. The Kier molecular flexibility index (Phi) is 12.6. The zero-order valence-corrected chi connectivity index (χ0v) is 20.7. The molecule has 1 amide bonds. The molecule has 184 valence electrons. The number of aliphatic hydroxyl groups is 1. The van der Waals surface area contributed by atoms with Crippen LogP contribution in [0.2, 0.25) is 0 Å². The van der Waals surface area contributed by atoms with Crippen LogP contribution in [-0.2, 0) is 16.0 Å². The lowest BCUT2D eigenvalue weighted by Gasteiger charge is -2.29. The van der Waals surface area contributed by atoms with Crippen LogP contribution in [0.15, 0.2) is 18.2 Å². The molecule has 0 aromatic heterocycles. The fourth-order valence-electron chi connectivity index (χ4n) is 3.88. The van der Waals surface area contributed by atoms with Crippen molar-refractivity contribution in [2.24, 2.45) is 35.1 Å². The first kappa shape index (κ1) is 28.2. The van der Waals surface area contributed by atoms with Gasteiger partial charge in [-0.3, -0.25) is 4.79 Å². The van der Waals surface area contributed by atoms with E-state index in [1.165, 1.54) is 0 Å². The van der Waals surface area contributed by atoms with Gasteiger partial charge in [0.1, 0.15) is 11.5 Å². The third-order valence-corrected chi connectivity index (χ3v) is 6.18. The maximum absolute atomic E-state index is 11.7. The molecule has 4 atom stereocenters. The van der Waals surface area contributed by atoms with Crippen LogP contribution >= 0.6 is 0 Å². The lowest BCUT2D eigenvalue weighted by Crippen LogP contribution is -2.41. The van der Waals surface area contributed by atoms with Crippen LogP contribution in [0.4, 0.5) is 0 Å². The van der Waals surface area contributed by atoms with Gasteiger partial charge in [-0.1, -0.05) is 33.8 Å². The number of rotatable bonds is 16. The molecule has 0 spiro atoms. The van der Waals surface area contributed by atoms with Crippen molar-refractivity contribution >= 4 is 5.91 Å². The molecule has 32 heavy (non-hydrogen) atoms. The van der Waals surface area contributed by atoms with Gasteiger partial charge in [-0.15, -0.1) is 0 Å². The maximum atomic E-state index is 11.7. The quantitative estimate of drug-likeness (QED) is 0.332. The smallest absolute Gasteiger partial charge is 0.220 e. The fraction of sp³-hybridized carbons (Fsp3) is 0.720. The van der Waals surface area contributed by atoms with Crippen LogP contribution in [-0.4, -0.2) is 50.6 Å². The topological polar surface area (TPSA) is 117 Å². The molecule has 1 aromatic rings. The van der Waals surface area contributed by atoms with Crippen molar-refractivity contribution in [3.63, 3.8) is 0 Å². The molecule has 1 rings (SSSR count). The van der Waals surface area contributed by atoms with Gasteiger partial charge in [0.15, 0.2) is 0 Å². The molecule has 0 heterocycles. The normalized spacial score (nSPS) is 15.4. The Balaban J connectivity index is 2.90. The highest BCUT2D eigenvalue weighted by atomic mass is 16.5. The summed E-state index contributed by atoms with van der Waals surface area (Å²) in [7, 11) is 3.31. The molecule has 0 unspecified atom stereocenters. The van der Waals surface area contributed by atoms with Crippen molar-refractivity contribution in [2.75, 3.05) is 27.4 Å². The zero-order valence-electron chi connectivity index (χ0n) is 20.7. The van der Waals surface area contributed by atoms with E-state index in [2.05, 4.69) is 13.8 Å². The van der Waals surface area contributed by atoms with Crippen molar-refractivity contribution in [1.29, 1.82) is 0 Å². The summed E-state index contributed by atoms with van der Waals surface area (Å²) in [5.74, 6) is 1.42. The number of hydrogen-bond donors (Lipinski definition) is 3. The first-order chi connectivity index (χ1) is 15.1. The standard InChI is InChI=1S/C25H44N2O5/c1-16(2)19(13-22(26)23(28)15-21(17(3)4)25(27)29)12-18-8-9-20(31-6)14-24(18)32-11-7-10-30-5/h8-9,14,16-17,19,21-23,28H,7,10-13,15,26H2,1-6H3,(H2,27,29)/t19-,21-,22-,23-/m0/s1. The number of carbonyl (C=O) groups is 1. The predicted octanol–water partition coefficient (Wildman–Crippen LogP) is 3.15. The molecule has 0 saturated heterocycles. The van der Waals surface area contributed by atoms with E-state index >= 15 is 0 Å². The summed E-state index contributed by atoms with van der Waals surface area (Å²) < 4.78 is 16.5. The van der Waals surface area contributed by atoms with E-state index in [-0.39, 0.29) is 30.1 Å². The molecule has 0 radical (unpaired) electrons. The van der Waals surface area contributed by atoms with E-state index in [1.807, 2.05) is 32.0 Å². The first-order valence-corrected chi connectivity index (χ1v) is 11.6. The molecule has 1 aromatic carbocycles. The van der Waals surface area contributed by atoms with Gasteiger partial charge in [0.2, 0.25) is 5.91 Å². The second-order valence-electron chi connectivity index (χ2n) is 9.33. The van der Waals surface area contributed by atoms with Crippen LogP contribution < -0.4 is 20.9 Å². The van der Waals surface area contributed by atoms with Gasteiger partial charge in [-0.05, 0) is 48.6 Å². The number of nitrogens with two attached hydrogens (primary N) is 2. The van der Waals surface area contributed by atoms with Crippen molar-refractivity contribution in [3.8, 4) is 11.5 Å². The average molecular weight is 453 g/mol. The molecule has 5 N–H and O–H groups in total. The monoisotopic (exact) mass is 452 g/mol. The molecule has 7 heteroatoms. The van der Waals surface area contributed by atoms with Crippen LogP contribution in [0.25, 0.3) is 0 Å². The van der Waals surface area contributed by atoms with Crippen LogP contribution in [0.1, 0.15) is 52.5 Å². The second kappa shape index (κ2) is 14.3. The largest absolute Gasteiger partial charge is 0.497 e. The van der Waals surface area contributed by atoms with E-state index in [9.17, 15) is 9.90 Å². The van der Waals surface area contributed by atoms with Crippen molar-refractivity contribution < 1.29 is 24.1 Å². The van der Waals surface area contributed by atoms with Crippen LogP contribution in [0.3, 0.4) is 0 Å². The Bertz CT molecular complexity index is 680. The third kappa shape index (κ3) is 9.35. The molecular formula is C25H44N2O5. The minimum Gasteiger partial charge on any atom is -0.497 e. The summed E-state index contributed by atoms with van der Waals surface area (Å²) in [5, 5.41) is 10.7. The van der Waals surface area contributed by atoms with Crippen molar-refractivity contribution in [2.45, 2.75) is 65.5 Å². The van der Waals surface area contributed by atoms with E-state index in [0.717, 1.165) is 29.9 Å². The number of hydrogen-bond acceptors (Lipinski definition) is 6. The number of aliphatic hydroxyl groups excluding tert-OH is 1. The summed E-state index contributed by atoms with van der Waals surface area (Å²) >= 11 is 0. The van der Waals surface area contributed by atoms with Gasteiger partial charge in [-0.2, -0.15) is 0 Å². The molecular weight excluding hydrogens is 408 g/mol. The summed E-state index contributed by atoms with van der Waals surface area (Å²) in [6.07, 6.45) is 1.71. The maximum Gasteiger partial charge on any atom is 0.220 e. The first-order valence-electron chi connectivity index (χ1n) is 11.6. The lowest BCUT2D eigenvalue weighted by atomic mass is 9.80. The number of carbonyl (C=O) groups excluding carboxylic acids is 1. The molecule has 0 aliphatic rings. The Morgan fingerprint density at radius 3 is 2.28 bits per heavy atom. The Morgan fingerprint density at radius 2 is 1.75 bits per heavy atom. The number of primary amides is 1. The molecule has 0 aliphatic heterocycles. The number of ether oxygens (including phenoxy) is 3. The Morgan fingerprint density at radius 1 is 1.06 bits per heavy atom. The van der Waals surface area contributed by atoms with Crippen LogP contribution in [0.5, 0.6) is 11.5 Å². The van der Waals surface area contributed by atoms with E-state index in [0.29, 0.717) is 25.6 Å². The Labute approximate surface area is 193 Å². The molecule has 0 saturated carbocycles. The van der Waals surface area contributed by atoms with E-state index in [4.69, 9.17) is 25.7 Å². The van der Waals surface area contributed by atoms with Crippen molar-refractivity contribution in [3.05, 3.63) is 23.8 Å². The number of benzene rings is 1. The average Bonchev–Trinajstić information content (AvgIpc) is 2.74. The van der Waals surface area contributed by atoms with Gasteiger partial charge in [0.25, 0.3) is 0 Å². The minimum absolute atomic E-state index is 0.0624. The highest BCUT2D eigenvalue weighted by Gasteiger charge is 2.29. The summed E-state index contributed by atoms with van der Waals surface area (Å²) in [6, 6.07) is 5.44. The lowest BCUT2D eigenvalue weighted by molar-refractivity contribution is -0.124. The summed E-state index contributed by atoms with van der Waals surface area (Å²) in [6.45, 7) is 9.38. The van der Waals surface area contributed by atoms with Gasteiger partial charge in [0.05, 0.1) is 19.8 Å². The molecule has 0 fully saturated rings. The predicted molar refractivity (Wildman–Crippen MR) is 128 cm³/mol. The summed E-state index contributed by atoms with van der Waals surface area (Å²) in [4.78, 5) is 11.7. The van der Waals surface area contributed by atoms with Crippen LogP contribution in [0, 0.1) is 23.7 Å². The number of amides is 1. The molecule has 0 bridgehead atoms. The SMILES string of the molecule is COCCCOc1cc(OC)ccc1C[C@@H](C[C@H](N)[C@@H](O)C[C@H](C(N)=O)C(C)C)C(C)C. The van der Waals surface area contributed by atoms with Gasteiger partial charge in [0, 0.05) is 38.2 Å². The Hall–Kier alpha value is -1.83. The summed E-state index contributed by atoms with van der Waals surface area (Å²) in [5.41, 5.74) is 13.0. The highest BCUT2D eigenvalue weighted by Crippen LogP contribution is 2.31. The second-order valence-corrected chi connectivity index (χ2v) is 9.33. The molecule has 0 aliphatic carbocycles. The van der Waals surface area contributed by atoms with Gasteiger partial charge >= 0.3 is 0 Å². The highest BCUT2D eigenvalue weighted by molar-refractivity contribution is 5.76. The van der Waals surface area contributed by atoms with Gasteiger partial charge in [-0.25, -0.2) is 0 Å². The fourth-order valence-corrected chi connectivity index (χ4v) is 3.88. The van der Waals surface area contributed by atoms with E-state index in [1.54, 1.807) is 14.2 Å². The minimum atomic E-state index is -0.781. The van der Waals surface area contributed by atoms with E-state index < -0.39 is 12.1 Å². The van der Waals surface area contributed by atoms with Gasteiger partial charge < -0.3 is 30.8 Å². The zero-order chi connectivity index (χ0) is 24.3.